The normalized spacial score (nSPS) is 14.2. The fourth-order valence-corrected chi connectivity index (χ4v) is 3.54. The molecular weight excluding hydrogens is 500 g/mol. The third-order valence-electron chi connectivity index (χ3n) is 5.58. The fraction of sp³-hybridized carbons (Fsp3) is 0.625. The van der Waals surface area contributed by atoms with Crippen LogP contribution in [0.15, 0.2) is 12.2 Å². The molecule has 0 aromatic carbocycles. The second kappa shape index (κ2) is 16.7. The van der Waals surface area contributed by atoms with Gasteiger partial charge in [0.25, 0.3) is 11.8 Å². The average Bonchev–Trinajstić information content (AvgIpc) is 3.15. The molecule has 0 saturated heterocycles. The van der Waals surface area contributed by atoms with E-state index in [1.807, 2.05) is 0 Å². The molecule has 1 heterocycles. The summed E-state index contributed by atoms with van der Waals surface area (Å²) in [4.78, 5) is 84.1. The molecule has 14 heteroatoms. The maximum absolute atomic E-state index is 13.0. The number of rotatable bonds is 17. The first-order valence-corrected chi connectivity index (χ1v) is 12.5. The van der Waals surface area contributed by atoms with Crippen LogP contribution < -0.4 is 27.0 Å². The van der Waals surface area contributed by atoms with Crippen molar-refractivity contribution < 1.29 is 38.3 Å². The van der Waals surface area contributed by atoms with Crippen LogP contribution >= 0.6 is 0 Å². The Morgan fingerprint density at radius 1 is 0.921 bits per heavy atom. The van der Waals surface area contributed by atoms with Gasteiger partial charge in [0.15, 0.2) is 6.73 Å². The van der Waals surface area contributed by atoms with Crippen LogP contribution in [-0.4, -0.2) is 78.3 Å². The van der Waals surface area contributed by atoms with Crippen molar-refractivity contribution >= 4 is 41.5 Å². The van der Waals surface area contributed by atoms with Gasteiger partial charge >= 0.3 is 12.0 Å². The Morgan fingerprint density at radius 2 is 1.58 bits per heavy atom. The molecule has 7 amide bonds. The van der Waals surface area contributed by atoms with Gasteiger partial charge in [-0.05, 0) is 31.6 Å². The van der Waals surface area contributed by atoms with E-state index in [1.54, 1.807) is 13.8 Å². The van der Waals surface area contributed by atoms with E-state index < -0.39 is 35.9 Å². The van der Waals surface area contributed by atoms with Crippen LogP contribution in [0, 0.1) is 5.92 Å². The van der Waals surface area contributed by atoms with Gasteiger partial charge in [-0.15, -0.1) is 0 Å². The number of urea groups is 1. The van der Waals surface area contributed by atoms with E-state index in [0.29, 0.717) is 25.7 Å². The monoisotopic (exact) mass is 538 g/mol. The third-order valence-corrected chi connectivity index (χ3v) is 5.58. The number of imide groups is 1. The Kier molecular flexibility index (Phi) is 14.1. The first-order chi connectivity index (χ1) is 17.9. The summed E-state index contributed by atoms with van der Waals surface area (Å²) in [5.74, 6) is -3.09. The van der Waals surface area contributed by atoms with Gasteiger partial charge in [-0.25, -0.2) is 4.79 Å². The highest BCUT2D eigenvalue weighted by Crippen LogP contribution is 2.09. The predicted octanol–water partition coefficient (Wildman–Crippen LogP) is -0.817. The minimum absolute atomic E-state index is 0.141. The molecule has 0 bridgehead atoms. The molecule has 2 unspecified atom stereocenters. The number of unbranched alkanes of at least 4 members (excludes halogenated alkanes) is 2. The van der Waals surface area contributed by atoms with E-state index in [0.717, 1.165) is 4.90 Å². The third kappa shape index (κ3) is 12.3. The second-order valence-electron chi connectivity index (χ2n) is 9.08. The smallest absolute Gasteiger partial charge is 0.312 e. The van der Waals surface area contributed by atoms with Crippen LogP contribution in [0.3, 0.4) is 0 Å². The zero-order valence-electron chi connectivity index (χ0n) is 22.0. The molecule has 212 valence electrons. The van der Waals surface area contributed by atoms with E-state index in [-0.39, 0.29) is 56.3 Å². The Bertz CT molecular complexity index is 902. The largest absolute Gasteiger partial charge is 0.445 e. The maximum Gasteiger partial charge on any atom is 0.312 e. The molecule has 0 spiro atoms. The van der Waals surface area contributed by atoms with Crippen molar-refractivity contribution in [2.45, 2.75) is 71.4 Å². The zero-order valence-corrected chi connectivity index (χ0v) is 22.0. The minimum atomic E-state index is -1.02. The van der Waals surface area contributed by atoms with Gasteiger partial charge in [0, 0.05) is 38.6 Å². The van der Waals surface area contributed by atoms with E-state index in [2.05, 4.69) is 21.3 Å². The van der Waals surface area contributed by atoms with Gasteiger partial charge in [-0.3, -0.25) is 33.7 Å². The average molecular weight is 539 g/mol. The van der Waals surface area contributed by atoms with Crippen molar-refractivity contribution in [3.8, 4) is 0 Å². The summed E-state index contributed by atoms with van der Waals surface area (Å²) >= 11 is 0. The lowest BCUT2D eigenvalue weighted by molar-refractivity contribution is -0.143. The molecule has 14 nitrogen and oxygen atoms in total. The molecule has 1 aliphatic rings. The molecular formula is C24H38N6O8. The molecule has 0 aliphatic carbocycles. The Morgan fingerprint density at radius 3 is 2.16 bits per heavy atom. The van der Waals surface area contributed by atoms with Gasteiger partial charge in [-0.2, -0.15) is 0 Å². The predicted molar refractivity (Wildman–Crippen MR) is 135 cm³/mol. The van der Waals surface area contributed by atoms with Crippen LogP contribution in [0.25, 0.3) is 0 Å². The lowest BCUT2D eigenvalue weighted by Crippen LogP contribution is -2.55. The molecule has 2 atom stereocenters. The highest BCUT2D eigenvalue weighted by Gasteiger charge is 2.29. The number of hydrogen-bond donors (Lipinski definition) is 5. The minimum Gasteiger partial charge on any atom is -0.445 e. The van der Waals surface area contributed by atoms with Crippen LogP contribution in [0.2, 0.25) is 0 Å². The van der Waals surface area contributed by atoms with Crippen molar-refractivity contribution in [3.05, 3.63) is 12.2 Å². The molecule has 0 saturated carbocycles. The Balaban J connectivity index is 2.59. The number of nitrogens with one attached hydrogen (secondary N) is 4. The summed E-state index contributed by atoms with van der Waals surface area (Å²) in [5.41, 5.74) is 5.03. The lowest BCUT2D eigenvalue weighted by Gasteiger charge is -2.25. The van der Waals surface area contributed by atoms with Gasteiger partial charge in [0.05, 0.1) is 0 Å². The van der Waals surface area contributed by atoms with Gasteiger partial charge < -0.3 is 31.7 Å². The van der Waals surface area contributed by atoms with Crippen LogP contribution in [-0.2, 0) is 33.5 Å². The van der Waals surface area contributed by atoms with Crippen LogP contribution in [0.4, 0.5) is 4.79 Å². The number of carbonyl (C=O) groups is 7. The first-order valence-electron chi connectivity index (χ1n) is 12.5. The number of nitrogens with two attached hydrogens (primary N) is 1. The molecule has 1 aliphatic heterocycles. The van der Waals surface area contributed by atoms with Crippen molar-refractivity contribution in [2.24, 2.45) is 11.7 Å². The SMILES string of the molecule is CC(=O)OCNC(=O)C(CCCNC(N)=O)NC(=O)C(NC(=O)CCCCCN1C(=O)C=CC1=O)C(C)C. The highest BCUT2D eigenvalue weighted by molar-refractivity contribution is 6.12. The van der Waals surface area contributed by atoms with Crippen LogP contribution in [0.1, 0.15) is 59.3 Å². The van der Waals surface area contributed by atoms with Crippen molar-refractivity contribution in [1.82, 2.24) is 26.2 Å². The molecule has 0 radical (unpaired) electrons. The molecule has 0 fully saturated rings. The summed E-state index contributed by atoms with van der Waals surface area (Å²) < 4.78 is 4.70. The standard InChI is InChI=1S/C24H38N6O8/c1-15(2)21(29-18(32)9-5-4-6-13-30-19(33)10-11-20(30)34)23(36)28-17(8-7-12-26-24(25)37)22(35)27-14-38-16(3)31/h10-11,15,17,21H,4-9,12-14H2,1-3H3,(H,27,35)(H,28,36)(H,29,32)(H3,25,26,37). The number of carbonyl (C=O) groups excluding carboxylic acids is 7. The van der Waals surface area contributed by atoms with E-state index in [1.165, 1.54) is 19.1 Å². The van der Waals surface area contributed by atoms with Gasteiger partial charge in [0.2, 0.25) is 17.7 Å². The fourth-order valence-electron chi connectivity index (χ4n) is 3.54. The van der Waals surface area contributed by atoms with Gasteiger partial charge in [0.1, 0.15) is 12.1 Å². The highest BCUT2D eigenvalue weighted by atomic mass is 16.5. The molecule has 0 aromatic heterocycles. The number of amides is 7. The number of nitrogens with zero attached hydrogens (tertiary/aromatic N) is 1. The summed E-state index contributed by atoms with van der Waals surface area (Å²) in [5, 5.41) is 10.1. The second-order valence-corrected chi connectivity index (χ2v) is 9.08. The Labute approximate surface area is 221 Å². The summed E-state index contributed by atoms with van der Waals surface area (Å²) in [6.45, 7) is 4.76. The number of hydrogen-bond acceptors (Lipinski definition) is 8. The zero-order chi connectivity index (χ0) is 28.7. The summed E-state index contributed by atoms with van der Waals surface area (Å²) in [7, 11) is 0. The van der Waals surface area contributed by atoms with E-state index >= 15 is 0 Å². The molecule has 38 heavy (non-hydrogen) atoms. The van der Waals surface area contributed by atoms with E-state index in [4.69, 9.17) is 10.5 Å². The Hall–Kier alpha value is -3.97. The number of ether oxygens (including phenoxy) is 1. The summed E-state index contributed by atoms with van der Waals surface area (Å²) in [6, 6.07) is -2.65. The van der Waals surface area contributed by atoms with Crippen molar-refractivity contribution in [1.29, 1.82) is 0 Å². The van der Waals surface area contributed by atoms with Crippen molar-refractivity contribution in [3.63, 3.8) is 0 Å². The first kappa shape index (κ1) is 32.1. The molecule has 0 aromatic rings. The van der Waals surface area contributed by atoms with Crippen molar-refractivity contribution in [2.75, 3.05) is 19.8 Å². The van der Waals surface area contributed by atoms with Gasteiger partial charge in [-0.1, -0.05) is 20.3 Å². The topological polar surface area (TPSA) is 206 Å². The molecule has 1 rings (SSSR count). The number of esters is 1. The van der Waals surface area contributed by atoms with Crippen LogP contribution in [0.5, 0.6) is 0 Å². The quantitative estimate of drug-likeness (QED) is 0.0683. The molecule has 6 N–H and O–H groups in total. The van der Waals surface area contributed by atoms with E-state index in [9.17, 15) is 33.6 Å². The number of primary amides is 1. The lowest BCUT2D eigenvalue weighted by atomic mass is 10.0. The summed E-state index contributed by atoms with van der Waals surface area (Å²) in [6.07, 6.45) is 4.70. The maximum atomic E-state index is 13.0.